The molecule has 0 amide bonds. The van der Waals surface area contributed by atoms with Gasteiger partial charge in [-0.2, -0.15) is 0 Å². The average Bonchev–Trinajstić information content (AvgIpc) is 2.91. The maximum Gasteiger partial charge on any atom is 0.269 e. The molecule has 0 spiro atoms. The molecule has 120 valence electrons. The Morgan fingerprint density at radius 2 is 1.83 bits per heavy atom. The molecular formula is C16H10BrN3O3S. The van der Waals surface area contributed by atoms with Gasteiger partial charge in [0.25, 0.3) is 10.0 Å². The summed E-state index contributed by atoms with van der Waals surface area (Å²) in [6.45, 7) is 0. The fourth-order valence-electron chi connectivity index (χ4n) is 2.70. The van der Waals surface area contributed by atoms with Crippen molar-refractivity contribution < 1.29 is 13.5 Å². The molecule has 0 saturated carbocycles. The van der Waals surface area contributed by atoms with Gasteiger partial charge in [0.15, 0.2) is 5.65 Å². The fourth-order valence-corrected chi connectivity index (χ4v) is 4.52. The van der Waals surface area contributed by atoms with E-state index in [4.69, 9.17) is 0 Å². The number of fused-ring (bicyclic) bond motifs is 3. The number of halogens is 1. The third-order valence-electron chi connectivity index (χ3n) is 3.70. The standard InChI is InChI=1S/C16H10BrN3O3S/c17-10-6-12-15-13(8-18-9-14(15)21)20(16(12)19-7-10)24(22,23)11-4-2-1-3-5-11/h1-9,21H. The molecule has 0 unspecified atom stereocenters. The van der Waals surface area contributed by atoms with Crippen LogP contribution in [-0.4, -0.2) is 27.5 Å². The summed E-state index contributed by atoms with van der Waals surface area (Å²) in [5.41, 5.74) is 0.514. The highest BCUT2D eigenvalue weighted by molar-refractivity contribution is 9.10. The number of pyridine rings is 2. The first-order valence-electron chi connectivity index (χ1n) is 6.93. The minimum Gasteiger partial charge on any atom is -0.506 e. The quantitative estimate of drug-likeness (QED) is 0.554. The van der Waals surface area contributed by atoms with Crippen LogP contribution in [-0.2, 0) is 10.0 Å². The maximum absolute atomic E-state index is 13.1. The number of rotatable bonds is 2. The molecule has 0 atom stereocenters. The zero-order chi connectivity index (χ0) is 16.9. The molecule has 0 aliphatic rings. The summed E-state index contributed by atoms with van der Waals surface area (Å²) in [7, 11) is -3.89. The van der Waals surface area contributed by atoms with Crippen LogP contribution in [0.3, 0.4) is 0 Å². The van der Waals surface area contributed by atoms with E-state index in [1.54, 1.807) is 24.3 Å². The lowest BCUT2D eigenvalue weighted by atomic mass is 10.2. The Morgan fingerprint density at radius 1 is 1.08 bits per heavy atom. The number of nitrogens with zero attached hydrogens (tertiary/aromatic N) is 3. The smallest absolute Gasteiger partial charge is 0.269 e. The van der Waals surface area contributed by atoms with E-state index in [2.05, 4.69) is 25.9 Å². The van der Waals surface area contributed by atoms with Crippen molar-refractivity contribution in [2.24, 2.45) is 0 Å². The monoisotopic (exact) mass is 403 g/mol. The van der Waals surface area contributed by atoms with E-state index in [0.717, 1.165) is 3.97 Å². The fraction of sp³-hybridized carbons (Fsp3) is 0. The second-order valence-corrected chi connectivity index (χ2v) is 7.86. The first-order valence-corrected chi connectivity index (χ1v) is 9.17. The summed E-state index contributed by atoms with van der Waals surface area (Å²) in [6.07, 6.45) is 4.20. The Morgan fingerprint density at radius 3 is 2.58 bits per heavy atom. The number of hydrogen-bond acceptors (Lipinski definition) is 5. The summed E-state index contributed by atoms with van der Waals surface area (Å²) >= 11 is 3.33. The third-order valence-corrected chi connectivity index (χ3v) is 5.85. The molecule has 4 rings (SSSR count). The lowest BCUT2D eigenvalue weighted by molar-refractivity contribution is 0.479. The van der Waals surface area contributed by atoms with E-state index in [0.29, 0.717) is 15.2 Å². The van der Waals surface area contributed by atoms with Crippen LogP contribution in [0.25, 0.3) is 21.9 Å². The second kappa shape index (κ2) is 5.29. The van der Waals surface area contributed by atoms with Gasteiger partial charge in [0.2, 0.25) is 0 Å². The number of benzene rings is 1. The highest BCUT2D eigenvalue weighted by atomic mass is 79.9. The normalized spacial score (nSPS) is 12.0. The molecule has 24 heavy (non-hydrogen) atoms. The summed E-state index contributed by atoms with van der Waals surface area (Å²) < 4.78 is 28.0. The second-order valence-electron chi connectivity index (χ2n) is 5.16. The lowest BCUT2D eigenvalue weighted by Crippen LogP contribution is -2.13. The van der Waals surface area contributed by atoms with Gasteiger partial charge >= 0.3 is 0 Å². The van der Waals surface area contributed by atoms with Crippen molar-refractivity contribution in [2.45, 2.75) is 4.90 Å². The van der Waals surface area contributed by atoms with Crippen molar-refractivity contribution in [2.75, 3.05) is 0 Å². The Kier molecular flexibility index (Phi) is 3.33. The Bertz CT molecular complexity index is 1190. The third kappa shape index (κ3) is 2.10. The Labute approximate surface area is 145 Å². The first kappa shape index (κ1) is 15.1. The molecule has 0 fully saturated rings. The van der Waals surface area contributed by atoms with Crippen LogP contribution in [0.5, 0.6) is 5.75 Å². The van der Waals surface area contributed by atoms with Crippen LogP contribution >= 0.6 is 15.9 Å². The van der Waals surface area contributed by atoms with Crippen molar-refractivity contribution in [3.8, 4) is 5.75 Å². The van der Waals surface area contributed by atoms with Crippen LogP contribution in [0.1, 0.15) is 0 Å². The van der Waals surface area contributed by atoms with Gasteiger partial charge in [-0.15, -0.1) is 0 Å². The molecule has 0 radical (unpaired) electrons. The van der Waals surface area contributed by atoms with Gasteiger partial charge in [0, 0.05) is 16.1 Å². The van der Waals surface area contributed by atoms with Crippen LogP contribution in [0.2, 0.25) is 0 Å². The topological polar surface area (TPSA) is 85.1 Å². The summed E-state index contributed by atoms with van der Waals surface area (Å²) in [4.78, 5) is 8.31. The minimum atomic E-state index is -3.89. The number of hydrogen-bond donors (Lipinski definition) is 1. The lowest BCUT2D eigenvalue weighted by Gasteiger charge is -2.08. The van der Waals surface area contributed by atoms with Crippen LogP contribution in [0.15, 0.2) is 64.4 Å². The molecule has 1 N–H and O–H groups in total. The molecule has 4 aromatic rings. The molecular weight excluding hydrogens is 394 g/mol. The molecule has 8 heteroatoms. The molecule has 1 aromatic carbocycles. The highest BCUT2D eigenvalue weighted by Gasteiger charge is 2.25. The summed E-state index contributed by atoms with van der Waals surface area (Å²) in [6, 6.07) is 9.81. The highest BCUT2D eigenvalue weighted by Crippen LogP contribution is 2.36. The number of aromatic hydroxyl groups is 1. The van der Waals surface area contributed by atoms with Gasteiger partial charge in [0.1, 0.15) is 5.75 Å². The van der Waals surface area contributed by atoms with E-state index < -0.39 is 10.0 Å². The van der Waals surface area contributed by atoms with Crippen LogP contribution in [0, 0.1) is 0 Å². The van der Waals surface area contributed by atoms with Crippen LogP contribution < -0.4 is 0 Å². The predicted octanol–water partition coefficient (Wildman–Crippen LogP) is 3.29. The van der Waals surface area contributed by atoms with Gasteiger partial charge in [-0.1, -0.05) is 18.2 Å². The van der Waals surface area contributed by atoms with Gasteiger partial charge in [0.05, 0.1) is 28.2 Å². The van der Waals surface area contributed by atoms with Gasteiger partial charge in [-0.3, -0.25) is 4.98 Å². The summed E-state index contributed by atoms with van der Waals surface area (Å²) in [5, 5.41) is 11.1. The van der Waals surface area contributed by atoms with Crippen molar-refractivity contribution in [1.82, 2.24) is 13.9 Å². The van der Waals surface area contributed by atoms with Crippen LogP contribution in [0.4, 0.5) is 0 Å². The van der Waals surface area contributed by atoms with E-state index in [1.807, 2.05) is 0 Å². The molecule has 3 heterocycles. The first-order chi connectivity index (χ1) is 11.5. The summed E-state index contributed by atoms with van der Waals surface area (Å²) in [5.74, 6) is -0.0978. The average molecular weight is 404 g/mol. The van der Waals surface area contributed by atoms with Crippen molar-refractivity contribution >= 4 is 47.9 Å². The molecule has 0 bridgehead atoms. The van der Waals surface area contributed by atoms with E-state index >= 15 is 0 Å². The zero-order valence-electron chi connectivity index (χ0n) is 12.1. The SMILES string of the molecule is O=S(=O)(c1ccccc1)n1c2cncc(O)c2c2cc(Br)cnc21. The van der Waals surface area contributed by atoms with Crippen molar-refractivity contribution in [3.05, 3.63) is 59.5 Å². The number of aromatic nitrogens is 3. The van der Waals surface area contributed by atoms with Crippen molar-refractivity contribution in [1.29, 1.82) is 0 Å². The minimum absolute atomic E-state index is 0.0978. The van der Waals surface area contributed by atoms with Crippen molar-refractivity contribution in [3.63, 3.8) is 0 Å². The van der Waals surface area contributed by atoms with Gasteiger partial charge in [-0.05, 0) is 34.1 Å². The van der Waals surface area contributed by atoms with Gasteiger partial charge < -0.3 is 5.11 Å². The Balaban J connectivity index is 2.21. The largest absolute Gasteiger partial charge is 0.506 e. The maximum atomic E-state index is 13.1. The predicted molar refractivity (Wildman–Crippen MR) is 93.4 cm³/mol. The zero-order valence-corrected chi connectivity index (χ0v) is 14.5. The van der Waals surface area contributed by atoms with E-state index in [1.165, 1.54) is 30.7 Å². The Hall–Kier alpha value is -2.45. The van der Waals surface area contributed by atoms with E-state index in [9.17, 15) is 13.5 Å². The molecule has 0 aliphatic heterocycles. The molecule has 0 saturated heterocycles. The van der Waals surface area contributed by atoms with Gasteiger partial charge in [-0.25, -0.2) is 17.4 Å². The molecule has 0 aliphatic carbocycles. The molecule has 6 nitrogen and oxygen atoms in total. The molecule has 3 aromatic heterocycles. The van der Waals surface area contributed by atoms with E-state index in [-0.39, 0.29) is 21.8 Å².